The van der Waals surface area contributed by atoms with Gasteiger partial charge in [-0.3, -0.25) is 4.79 Å². The molecular weight excluding hydrogens is 267 g/mol. The summed E-state index contributed by atoms with van der Waals surface area (Å²) in [5.41, 5.74) is 1.09. The molecule has 0 saturated heterocycles. The van der Waals surface area contributed by atoms with Gasteiger partial charge in [-0.25, -0.2) is 0 Å². The lowest BCUT2D eigenvalue weighted by molar-refractivity contribution is -0.137. The Kier molecular flexibility index (Phi) is 3.79. The molecule has 2 rings (SSSR count). The van der Waals surface area contributed by atoms with E-state index in [1.807, 2.05) is 0 Å². The normalized spacial score (nSPS) is 11.2. The van der Waals surface area contributed by atoms with Gasteiger partial charge in [-0.05, 0) is 35.4 Å². The minimum atomic E-state index is -4.34. The van der Waals surface area contributed by atoms with Crippen LogP contribution in [0.25, 0.3) is 11.1 Å². The summed E-state index contributed by atoms with van der Waals surface area (Å²) in [5.74, 6) is -0.237. The van der Waals surface area contributed by atoms with Crippen molar-refractivity contribution in [3.8, 4) is 11.1 Å². The fourth-order valence-electron chi connectivity index (χ4n) is 1.84. The van der Waals surface area contributed by atoms with Crippen molar-refractivity contribution in [3.63, 3.8) is 0 Å². The molecule has 0 atom stereocenters. The van der Waals surface area contributed by atoms with Crippen LogP contribution in [0.3, 0.4) is 0 Å². The van der Waals surface area contributed by atoms with Crippen molar-refractivity contribution in [2.24, 2.45) is 0 Å². The molecule has 0 spiro atoms. The van der Waals surface area contributed by atoms with E-state index in [2.05, 4.69) is 5.32 Å². The molecule has 0 aliphatic heterocycles. The molecule has 0 radical (unpaired) electrons. The van der Waals surface area contributed by atoms with Crippen LogP contribution in [0.4, 0.5) is 13.2 Å². The minimum Gasteiger partial charge on any atom is -0.355 e. The Bertz CT molecular complexity index is 618. The molecule has 1 N–H and O–H groups in total. The van der Waals surface area contributed by atoms with Crippen molar-refractivity contribution >= 4 is 5.91 Å². The van der Waals surface area contributed by atoms with E-state index in [4.69, 9.17) is 0 Å². The van der Waals surface area contributed by atoms with Crippen LogP contribution < -0.4 is 5.32 Å². The highest BCUT2D eigenvalue weighted by molar-refractivity contribution is 5.95. The molecule has 0 aliphatic carbocycles. The average molecular weight is 279 g/mol. The van der Waals surface area contributed by atoms with E-state index in [0.29, 0.717) is 16.7 Å². The Hall–Kier alpha value is -2.30. The SMILES string of the molecule is CNC(=O)c1cccc(-c2ccc(C(F)(F)F)cc2)c1. The van der Waals surface area contributed by atoms with Gasteiger partial charge in [-0.2, -0.15) is 13.2 Å². The molecule has 104 valence electrons. The van der Waals surface area contributed by atoms with Crippen molar-refractivity contribution in [3.05, 3.63) is 59.7 Å². The molecule has 0 unspecified atom stereocenters. The number of nitrogens with one attached hydrogen (secondary N) is 1. The van der Waals surface area contributed by atoms with Gasteiger partial charge in [0.2, 0.25) is 0 Å². The van der Waals surface area contributed by atoms with Gasteiger partial charge in [0, 0.05) is 12.6 Å². The summed E-state index contributed by atoms with van der Waals surface area (Å²) < 4.78 is 37.5. The van der Waals surface area contributed by atoms with Gasteiger partial charge in [-0.1, -0.05) is 24.3 Å². The highest BCUT2D eigenvalue weighted by atomic mass is 19.4. The van der Waals surface area contributed by atoms with Gasteiger partial charge in [0.05, 0.1) is 5.56 Å². The summed E-state index contributed by atoms with van der Waals surface area (Å²) in [5, 5.41) is 2.50. The molecule has 0 bridgehead atoms. The zero-order chi connectivity index (χ0) is 14.8. The highest BCUT2D eigenvalue weighted by Crippen LogP contribution is 2.31. The molecular formula is C15H12F3NO. The molecule has 20 heavy (non-hydrogen) atoms. The van der Waals surface area contributed by atoms with Gasteiger partial charge in [0.1, 0.15) is 0 Å². The molecule has 0 heterocycles. The summed E-state index contributed by atoms with van der Waals surface area (Å²) in [6.45, 7) is 0. The van der Waals surface area contributed by atoms with Crippen LogP contribution in [-0.2, 0) is 6.18 Å². The third kappa shape index (κ3) is 2.99. The number of alkyl halides is 3. The summed E-state index contributed by atoms with van der Waals surface area (Å²) in [6.07, 6.45) is -4.34. The average Bonchev–Trinajstić information content (AvgIpc) is 2.46. The number of hydrogen-bond donors (Lipinski definition) is 1. The molecule has 2 aromatic carbocycles. The predicted octanol–water partition coefficient (Wildman–Crippen LogP) is 3.73. The predicted molar refractivity (Wildman–Crippen MR) is 70.3 cm³/mol. The number of carbonyl (C=O) groups excluding carboxylic acids is 1. The second-order valence-corrected chi connectivity index (χ2v) is 4.24. The lowest BCUT2D eigenvalue weighted by Crippen LogP contribution is -2.17. The number of hydrogen-bond acceptors (Lipinski definition) is 1. The Morgan fingerprint density at radius 1 is 1.00 bits per heavy atom. The highest BCUT2D eigenvalue weighted by Gasteiger charge is 2.29. The molecule has 0 fully saturated rings. The Morgan fingerprint density at radius 2 is 1.65 bits per heavy atom. The zero-order valence-electron chi connectivity index (χ0n) is 10.7. The van der Waals surface area contributed by atoms with E-state index in [1.165, 1.54) is 19.2 Å². The first kappa shape index (κ1) is 14.1. The number of halogens is 3. The smallest absolute Gasteiger partial charge is 0.355 e. The van der Waals surface area contributed by atoms with Crippen LogP contribution in [0.2, 0.25) is 0 Å². The Balaban J connectivity index is 2.35. The van der Waals surface area contributed by atoms with Crippen molar-refractivity contribution in [2.75, 3.05) is 7.05 Å². The largest absolute Gasteiger partial charge is 0.416 e. The van der Waals surface area contributed by atoms with Crippen molar-refractivity contribution in [1.82, 2.24) is 5.32 Å². The first-order chi connectivity index (χ1) is 9.41. The van der Waals surface area contributed by atoms with Crippen molar-refractivity contribution in [1.29, 1.82) is 0 Å². The number of amides is 1. The number of benzene rings is 2. The van der Waals surface area contributed by atoms with Crippen LogP contribution in [0, 0.1) is 0 Å². The molecule has 2 nitrogen and oxygen atoms in total. The first-order valence-corrected chi connectivity index (χ1v) is 5.91. The van der Waals surface area contributed by atoms with Crippen LogP contribution in [-0.4, -0.2) is 13.0 Å². The van der Waals surface area contributed by atoms with Crippen molar-refractivity contribution < 1.29 is 18.0 Å². The minimum absolute atomic E-state index is 0.237. The molecule has 2 aromatic rings. The molecule has 5 heteroatoms. The van der Waals surface area contributed by atoms with Crippen molar-refractivity contribution in [2.45, 2.75) is 6.18 Å². The monoisotopic (exact) mass is 279 g/mol. The summed E-state index contributed by atoms with van der Waals surface area (Å²) >= 11 is 0. The van der Waals surface area contributed by atoms with Gasteiger partial charge >= 0.3 is 6.18 Å². The van der Waals surface area contributed by atoms with Gasteiger partial charge in [-0.15, -0.1) is 0 Å². The topological polar surface area (TPSA) is 29.1 Å². The summed E-state index contributed by atoms with van der Waals surface area (Å²) in [4.78, 5) is 11.5. The van der Waals surface area contributed by atoms with E-state index in [9.17, 15) is 18.0 Å². The van der Waals surface area contributed by atoms with E-state index in [1.54, 1.807) is 24.3 Å². The van der Waals surface area contributed by atoms with E-state index >= 15 is 0 Å². The summed E-state index contributed by atoms with van der Waals surface area (Å²) in [7, 11) is 1.52. The standard InChI is InChI=1S/C15H12F3NO/c1-19-14(20)12-4-2-3-11(9-12)10-5-7-13(8-6-10)15(16,17)18/h2-9H,1H3,(H,19,20). The molecule has 0 saturated carbocycles. The number of carbonyl (C=O) groups is 1. The lowest BCUT2D eigenvalue weighted by atomic mass is 10.0. The molecule has 1 amide bonds. The third-order valence-electron chi connectivity index (χ3n) is 2.90. The number of rotatable bonds is 2. The second-order valence-electron chi connectivity index (χ2n) is 4.24. The van der Waals surface area contributed by atoms with Crippen LogP contribution in [0.1, 0.15) is 15.9 Å². The van der Waals surface area contributed by atoms with E-state index < -0.39 is 11.7 Å². The third-order valence-corrected chi connectivity index (χ3v) is 2.90. The Labute approximate surface area is 114 Å². The first-order valence-electron chi connectivity index (χ1n) is 5.91. The maximum absolute atomic E-state index is 12.5. The quantitative estimate of drug-likeness (QED) is 0.891. The molecule has 0 aliphatic rings. The van der Waals surface area contributed by atoms with E-state index in [-0.39, 0.29) is 5.91 Å². The fraction of sp³-hybridized carbons (Fsp3) is 0.133. The maximum atomic E-state index is 12.5. The zero-order valence-corrected chi connectivity index (χ0v) is 10.7. The fourth-order valence-corrected chi connectivity index (χ4v) is 1.84. The molecule has 0 aromatic heterocycles. The van der Waals surface area contributed by atoms with Gasteiger partial charge in [0.15, 0.2) is 0 Å². The van der Waals surface area contributed by atoms with Crippen LogP contribution in [0.15, 0.2) is 48.5 Å². The van der Waals surface area contributed by atoms with E-state index in [0.717, 1.165) is 12.1 Å². The van der Waals surface area contributed by atoms with Gasteiger partial charge in [0.25, 0.3) is 5.91 Å². The second kappa shape index (κ2) is 5.36. The van der Waals surface area contributed by atoms with Gasteiger partial charge < -0.3 is 5.32 Å². The van der Waals surface area contributed by atoms with Crippen LogP contribution in [0.5, 0.6) is 0 Å². The Morgan fingerprint density at radius 3 is 2.20 bits per heavy atom. The maximum Gasteiger partial charge on any atom is 0.416 e. The summed E-state index contributed by atoms with van der Waals surface area (Å²) in [6, 6.07) is 11.6. The lowest BCUT2D eigenvalue weighted by Gasteiger charge is -2.08. The van der Waals surface area contributed by atoms with Crippen LogP contribution >= 0.6 is 0 Å².